The molecule has 1 rings (SSSR count). The largest absolute Gasteiger partial charge is 0.496 e. The van der Waals surface area contributed by atoms with Crippen LogP contribution < -0.4 is 10.5 Å². The minimum atomic E-state index is -0.676. The highest BCUT2D eigenvalue weighted by Crippen LogP contribution is 2.24. The Morgan fingerprint density at radius 2 is 2.00 bits per heavy atom. The second-order valence-electron chi connectivity index (χ2n) is 4.60. The number of carbonyl (C=O) groups excluding carboxylic acids is 2. The van der Waals surface area contributed by atoms with Gasteiger partial charge in [-0.1, -0.05) is 6.07 Å². The molecule has 1 aromatic carbocycles. The van der Waals surface area contributed by atoms with Gasteiger partial charge in [0.1, 0.15) is 11.3 Å². The Bertz CT molecular complexity index is 500. The molecule has 0 unspecified atom stereocenters. The Hall–Kier alpha value is -2.24. The molecule has 110 valence electrons. The smallest absolute Gasteiger partial charge is 0.344 e. The van der Waals surface area contributed by atoms with Crippen molar-refractivity contribution >= 4 is 17.6 Å². The number of nitrogens with zero attached hydrogens (tertiary/aromatic N) is 1. The molecule has 1 amide bonds. The van der Waals surface area contributed by atoms with E-state index in [9.17, 15) is 9.59 Å². The molecule has 0 spiro atoms. The summed E-state index contributed by atoms with van der Waals surface area (Å²) in [7, 11) is 3.08. The van der Waals surface area contributed by atoms with Gasteiger partial charge in [-0.2, -0.15) is 0 Å². The molecule has 0 aliphatic carbocycles. The SMILES string of the molecule is COc1cccc(N)c1C(=O)OCC(=O)N(C)C(C)C. The summed E-state index contributed by atoms with van der Waals surface area (Å²) in [5, 5.41) is 0. The van der Waals surface area contributed by atoms with Crippen molar-refractivity contribution in [2.75, 3.05) is 26.5 Å². The van der Waals surface area contributed by atoms with Crippen LogP contribution in [0.25, 0.3) is 0 Å². The van der Waals surface area contributed by atoms with Gasteiger partial charge in [-0.3, -0.25) is 4.79 Å². The van der Waals surface area contributed by atoms with E-state index in [0.29, 0.717) is 5.75 Å². The van der Waals surface area contributed by atoms with Crippen molar-refractivity contribution in [3.05, 3.63) is 23.8 Å². The van der Waals surface area contributed by atoms with Gasteiger partial charge in [0.15, 0.2) is 6.61 Å². The maximum absolute atomic E-state index is 12.0. The van der Waals surface area contributed by atoms with Gasteiger partial charge in [0.2, 0.25) is 0 Å². The van der Waals surface area contributed by atoms with Gasteiger partial charge in [0.05, 0.1) is 7.11 Å². The normalized spacial score (nSPS) is 10.2. The summed E-state index contributed by atoms with van der Waals surface area (Å²) in [6.45, 7) is 3.42. The summed E-state index contributed by atoms with van der Waals surface area (Å²) in [6.07, 6.45) is 0. The zero-order valence-electron chi connectivity index (χ0n) is 12.2. The van der Waals surface area contributed by atoms with Crippen LogP contribution in [-0.2, 0) is 9.53 Å². The van der Waals surface area contributed by atoms with Gasteiger partial charge < -0.3 is 20.1 Å². The van der Waals surface area contributed by atoms with Gasteiger partial charge in [-0.15, -0.1) is 0 Å². The molecule has 6 nitrogen and oxygen atoms in total. The minimum absolute atomic E-state index is 0.0394. The van der Waals surface area contributed by atoms with Gasteiger partial charge in [0.25, 0.3) is 5.91 Å². The van der Waals surface area contributed by atoms with Crippen molar-refractivity contribution in [3.63, 3.8) is 0 Å². The molecule has 0 atom stereocenters. The van der Waals surface area contributed by atoms with Crippen LogP contribution in [0.5, 0.6) is 5.75 Å². The highest BCUT2D eigenvalue weighted by Gasteiger charge is 2.20. The number of rotatable bonds is 5. The van der Waals surface area contributed by atoms with Crippen LogP contribution in [0, 0.1) is 0 Å². The van der Waals surface area contributed by atoms with E-state index in [0.717, 1.165) is 0 Å². The Morgan fingerprint density at radius 1 is 1.35 bits per heavy atom. The molecular formula is C14H20N2O4. The molecule has 0 aliphatic heterocycles. The van der Waals surface area contributed by atoms with Crippen molar-refractivity contribution < 1.29 is 19.1 Å². The molecule has 0 fully saturated rings. The summed E-state index contributed by atoms with van der Waals surface area (Å²) in [5.41, 5.74) is 6.12. The number of benzene rings is 1. The molecule has 0 saturated heterocycles. The fourth-order valence-corrected chi connectivity index (χ4v) is 1.53. The number of anilines is 1. The molecule has 6 heteroatoms. The molecular weight excluding hydrogens is 260 g/mol. The number of ether oxygens (including phenoxy) is 2. The lowest BCUT2D eigenvalue weighted by Gasteiger charge is -2.21. The molecule has 0 radical (unpaired) electrons. The van der Waals surface area contributed by atoms with Crippen molar-refractivity contribution in [3.8, 4) is 5.75 Å². The van der Waals surface area contributed by atoms with Gasteiger partial charge in [-0.05, 0) is 26.0 Å². The summed E-state index contributed by atoms with van der Waals surface area (Å²) >= 11 is 0. The minimum Gasteiger partial charge on any atom is -0.496 e. The van der Waals surface area contributed by atoms with E-state index in [1.165, 1.54) is 12.0 Å². The number of amides is 1. The second-order valence-corrected chi connectivity index (χ2v) is 4.60. The van der Waals surface area contributed by atoms with E-state index < -0.39 is 5.97 Å². The monoisotopic (exact) mass is 280 g/mol. The Kier molecular flexibility index (Phi) is 5.37. The highest BCUT2D eigenvalue weighted by atomic mass is 16.5. The third-order valence-electron chi connectivity index (χ3n) is 2.98. The number of methoxy groups -OCH3 is 1. The van der Waals surface area contributed by atoms with Crippen molar-refractivity contribution in [1.29, 1.82) is 0 Å². The molecule has 2 N–H and O–H groups in total. The molecule has 0 saturated carbocycles. The Morgan fingerprint density at radius 3 is 2.55 bits per heavy atom. The van der Waals surface area contributed by atoms with Crippen LogP contribution in [-0.4, -0.2) is 43.6 Å². The maximum Gasteiger partial charge on any atom is 0.344 e. The van der Waals surface area contributed by atoms with Crippen LogP contribution in [0.4, 0.5) is 5.69 Å². The van der Waals surface area contributed by atoms with E-state index >= 15 is 0 Å². The molecule has 20 heavy (non-hydrogen) atoms. The number of carbonyl (C=O) groups is 2. The van der Waals surface area contributed by atoms with Gasteiger partial charge in [0, 0.05) is 18.8 Å². The fourth-order valence-electron chi connectivity index (χ4n) is 1.53. The number of likely N-dealkylation sites (N-methyl/N-ethyl adjacent to an activating group) is 1. The maximum atomic E-state index is 12.0. The number of nitrogens with two attached hydrogens (primary N) is 1. The van der Waals surface area contributed by atoms with Crippen LogP contribution in [0.3, 0.4) is 0 Å². The fraction of sp³-hybridized carbons (Fsp3) is 0.429. The van der Waals surface area contributed by atoms with E-state index in [2.05, 4.69) is 0 Å². The highest BCUT2D eigenvalue weighted by molar-refractivity contribution is 5.99. The molecule has 0 bridgehead atoms. The molecule has 0 heterocycles. The standard InChI is InChI=1S/C14H20N2O4/c1-9(2)16(3)12(17)8-20-14(18)13-10(15)6-5-7-11(13)19-4/h5-7,9H,8,15H2,1-4H3. The number of esters is 1. The number of nitrogen functional groups attached to an aromatic ring is 1. The average molecular weight is 280 g/mol. The van der Waals surface area contributed by atoms with E-state index in [4.69, 9.17) is 15.2 Å². The molecule has 0 aliphatic rings. The van der Waals surface area contributed by atoms with Crippen LogP contribution in [0.2, 0.25) is 0 Å². The van der Waals surface area contributed by atoms with Crippen molar-refractivity contribution in [2.45, 2.75) is 19.9 Å². The van der Waals surface area contributed by atoms with Crippen LogP contribution in [0.1, 0.15) is 24.2 Å². The topological polar surface area (TPSA) is 81.9 Å². The zero-order valence-corrected chi connectivity index (χ0v) is 12.2. The number of hydrogen-bond acceptors (Lipinski definition) is 5. The van der Waals surface area contributed by atoms with E-state index in [1.54, 1.807) is 25.2 Å². The van der Waals surface area contributed by atoms with Gasteiger partial charge >= 0.3 is 5.97 Å². The Balaban J connectivity index is 2.76. The summed E-state index contributed by atoms with van der Waals surface area (Å²) < 4.78 is 10.1. The zero-order chi connectivity index (χ0) is 15.3. The first-order valence-electron chi connectivity index (χ1n) is 6.23. The molecule has 0 aromatic heterocycles. The first kappa shape index (κ1) is 15.8. The van der Waals surface area contributed by atoms with Crippen molar-refractivity contribution in [1.82, 2.24) is 4.90 Å². The summed E-state index contributed by atoms with van der Waals surface area (Å²) in [4.78, 5) is 25.2. The lowest BCUT2D eigenvalue weighted by Crippen LogP contribution is -2.36. The van der Waals surface area contributed by atoms with E-state index in [-0.39, 0.29) is 29.8 Å². The lowest BCUT2D eigenvalue weighted by molar-refractivity contribution is -0.134. The molecule has 1 aromatic rings. The predicted octanol–water partition coefficient (Wildman–Crippen LogP) is 1.30. The number of hydrogen-bond donors (Lipinski definition) is 1. The van der Waals surface area contributed by atoms with Crippen LogP contribution >= 0.6 is 0 Å². The van der Waals surface area contributed by atoms with Crippen molar-refractivity contribution in [2.24, 2.45) is 0 Å². The first-order valence-corrected chi connectivity index (χ1v) is 6.23. The lowest BCUT2D eigenvalue weighted by atomic mass is 10.1. The quantitative estimate of drug-likeness (QED) is 0.649. The van der Waals surface area contributed by atoms with Crippen LogP contribution in [0.15, 0.2) is 18.2 Å². The third-order valence-corrected chi connectivity index (χ3v) is 2.98. The third kappa shape index (κ3) is 3.63. The average Bonchev–Trinajstić information content (AvgIpc) is 2.42. The summed E-state index contributed by atoms with van der Waals surface area (Å²) in [5.74, 6) is -0.632. The van der Waals surface area contributed by atoms with Gasteiger partial charge in [-0.25, -0.2) is 4.79 Å². The second kappa shape index (κ2) is 6.79. The first-order chi connectivity index (χ1) is 9.38. The Labute approximate surface area is 118 Å². The van der Waals surface area contributed by atoms with E-state index in [1.807, 2.05) is 13.8 Å². The summed E-state index contributed by atoms with van der Waals surface area (Å²) in [6, 6.07) is 4.89. The predicted molar refractivity (Wildman–Crippen MR) is 75.6 cm³/mol.